The van der Waals surface area contributed by atoms with Gasteiger partial charge in [-0.3, -0.25) is 9.39 Å². The number of fused-ring (bicyclic) bond motifs is 8. The third-order valence-corrected chi connectivity index (χ3v) is 10.1. The standard InChI is InChI=1S/C38H50N4O3/c1-26-21-32-40-31-25-42(32)35(33(26)34(36(43)44)45-37(2,3)4)41-19-17-38(5,18-20-41)16-12-8-6-7-9-13-28-14-10-11-15-29(28)22-27-23-30(31)39-24-27/h10-11,14-15,21,24-25,34H,6-9,12-13,16-20,22-23H2,1-5H3,(H,43,44)/t34-/m0/s1. The Kier molecular flexibility index (Phi) is 8.93. The molecule has 240 valence electrons. The number of aliphatic imine (C=N–C) groups is 1. The van der Waals surface area contributed by atoms with Crippen molar-refractivity contribution in [2.45, 2.75) is 117 Å². The molecule has 3 aromatic rings. The smallest absolute Gasteiger partial charge is 0.337 e. The van der Waals surface area contributed by atoms with Crippen molar-refractivity contribution in [3.8, 4) is 0 Å². The van der Waals surface area contributed by atoms with Crippen LogP contribution in [0.1, 0.15) is 120 Å². The van der Waals surface area contributed by atoms with E-state index in [-0.39, 0.29) is 0 Å². The van der Waals surface area contributed by atoms with Gasteiger partial charge in [0, 0.05) is 37.5 Å². The highest BCUT2D eigenvalue weighted by atomic mass is 16.5. The van der Waals surface area contributed by atoms with E-state index in [1.54, 1.807) is 0 Å². The van der Waals surface area contributed by atoms with Gasteiger partial charge in [-0.1, -0.05) is 56.9 Å². The summed E-state index contributed by atoms with van der Waals surface area (Å²) in [6, 6.07) is 10.9. The van der Waals surface area contributed by atoms with Gasteiger partial charge in [-0.15, -0.1) is 0 Å². The Morgan fingerprint density at radius 2 is 1.71 bits per heavy atom. The minimum atomic E-state index is -1.09. The number of anilines is 1. The summed E-state index contributed by atoms with van der Waals surface area (Å²) < 4.78 is 8.38. The average Bonchev–Trinajstić information content (AvgIpc) is 3.62. The fraction of sp³-hybridized carbons (Fsp3) is 0.553. The summed E-state index contributed by atoms with van der Waals surface area (Å²) in [6.45, 7) is 12.0. The number of hydrogen-bond donors (Lipinski definition) is 1. The lowest BCUT2D eigenvalue weighted by atomic mass is 9.76. The molecule has 45 heavy (non-hydrogen) atoms. The zero-order valence-corrected chi connectivity index (χ0v) is 27.9. The van der Waals surface area contributed by atoms with Crippen LogP contribution in [0.5, 0.6) is 0 Å². The maximum absolute atomic E-state index is 12.8. The lowest BCUT2D eigenvalue weighted by molar-refractivity contribution is -0.160. The van der Waals surface area contributed by atoms with Crippen LogP contribution in [0.15, 0.2) is 53.3 Å². The number of piperidine rings is 1. The Morgan fingerprint density at radius 3 is 2.44 bits per heavy atom. The van der Waals surface area contributed by atoms with Crippen molar-refractivity contribution < 1.29 is 14.6 Å². The zero-order chi connectivity index (χ0) is 31.8. The van der Waals surface area contributed by atoms with Gasteiger partial charge in [0.2, 0.25) is 0 Å². The van der Waals surface area contributed by atoms with Crippen LogP contribution in [0.25, 0.3) is 5.65 Å². The largest absolute Gasteiger partial charge is 0.479 e. The van der Waals surface area contributed by atoms with Crippen molar-refractivity contribution in [3.05, 3.63) is 76.2 Å². The molecule has 0 amide bonds. The van der Waals surface area contributed by atoms with Crippen LogP contribution < -0.4 is 4.90 Å². The predicted octanol–water partition coefficient (Wildman–Crippen LogP) is 8.41. The number of aryl methyl sites for hydroxylation is 2. The van der Waals surface area contributed by atoms with Crippen molar-refractivity contribution in [2.24, 2.45) is 10.4 Å². The zero-order valence-electron chi connectivity index (χ0n) is 27.9. The molecule has 4 aliphatic heterocycles. The summed E-state index contributed by atoms with van der Waals surface area (Å²) in [4.78, 5) is 25.1. The van der Waals surface area contributed by atoms with Crippen molar-refractivity contribution in [1.29, 1.82) is 0 Å². The molecule has 0 radical (unpaired) electrons. The van der Waals surface area contributed by atoms with Crippen molar-refractivity contribution >= 4 is 23.1 Å². The molecule has 0 aliphatic carbocycles. The number of carbonyl (C=O) groups is 1. The molecule has 6 heterocycles. The molecule has 7 rings (SSSR count). The number of pyridine rings is 1. The molecule has 0 unspecified atom stereocenters. The van der Waals surface area contributed by atoms with E-state index in [0.29, 0.717) is 5.41 Å². The average molecular weight is 611 g/mol. The molecule has 7 heteroatoms. The second-order valence-corrected chi connectivity index (χ2v) is 14.9. The van der Waals surface area contributed by atoms with Crippen LogP contribution in [-0.2, 0) is 22.4 Å². The van der Waals surface area contributed by atoms with Crippen LogP contribution in [-0.4, -0.2) is 44.9 Å². The number of aromatic nitrogens is 2. The number of carboxylic acids is 1. The number of nitrogens with zero attached hydrogens (tertiary/aromatic N) is 4. The molecule has 2 aromatic heterocycles. The Bertz CT molecular complexity index is 1620. The number of imidazole rings is 1. The monoisotopic (exact) mass is 610 g/mol. The summed E-state index contributed by atoms with van der Waals surface area (Å²) in [5.41, 5.74) is 8.09. The maximum Gasteiger partial charge on any atom is 0.337 e. The van der Waals surface area contributed by atoms with E-state index in [9.17, 15) is 9.90 Å². The normalized spacial score (nSPS) is 20.0. The van der Waals surface area contributed by atoms with Crippen LogP contribution >= 0.6 is 0 Å². The summed E-state index contributed by atoms with van der Waals surface area (Å²) in [7, 11) is 0. The molecule has 7 nitrogen and oxygen atoms in total. The van der Waals surface area contributed by atoms with E-state index in [1.165, 1.54) is 55.2 Å². The highest BCUT2D eigenvalue weighted by Gasteiger charge is 2.36. The van der Waals surface area contributed by atoms with Crippen LogP contribution in [0.4, 0.5) is 5.82 Å². The molecular weight excluding hydrogens is 560 g/mol. The number of allylic oxidation sites excluding steroid dienone is 1. The van der Waals surface area contributed by atoms with Gasteiger partial charge in [-0.05, 0) is 100.0 Å². The first kappa shape index (κ1) is 31.5. The van der Waals surface area contributed by atoms with Gasteiger partial charge in [0.25, 0.3) is 0 Å². The van der Waals surface area contributed by atoms with Gasteiger partial charge < -0.3 is 14.7 Å². The quantitative estimate of drug-likeness (QED) is 0.322. The van der Waals surface area contributed by atoms with Crippen LogP contribution in [0.3, 0.4) is 0 Å². The number of aliphatic carboxylic acids is 1. The molecule has 1 aromatic carbocycles. The van der Waals surface area contributed by atoms with E-state index in [4.69, 9.17) is 14.7 Å². The van der Waals surface area contributed by atoms with Gasteiger partial charge in [0.1, 0.15) is 17.2 Å². The Morgan fingerprint density at radius 1 is 1.00 bits per heavy atom. The van der Waals surface area contributed by atoms with E-state index < -0.39 is 17.7 Å². The molecule has 0 saturated carbocycles. The van der Waals surface area contributed by atoms with Gasteiger partial charge in [-0.2, -0.15) is 0 Å². The molecule has 4 aliphatic rings. The number of ether oxygens (including phenoxy) is 1. The molecule has 1 fully saturated rings. The highest BCUT2D eigenvalue weighted by molar-refractivity contribution is 6.02. The second kappa shape index (κ2) is 12.7. The van der Waals surface area contributed by atoms with E-state index in [0.717, 1.165) is 79.2 Å². The highest BCUT2D eigenvalue weighted by Crippen LogP contribution is 2.42. The third kappa shape index (κ3) is 7.04. The number of carboxylic acid groups (broad SMARTS) is 1. The molecule has 0 spiro atoms. The van der Waals surface area contributed by atoms with E-state index in [2.05, 4.69) is 46.7 Å². The molecule has 6 bridgehead atoms. The molecule has 1 N–H and O–H groups in total. The van der Waals surface area contributed by atoms with Crippen LogP contribution in [0, 0.1) is 12.3 Å². The van der Waals surface area contributed by atoms with Gasteiger partial charge >= 0.3 is 5.97 Å². The summed E-state index contributed by atoms with van der Waals surface area (Å²) in [6.07, 6.45) is 15.6. The van der Waals surface area contributed by atoms with Crippen molar-refractivity contribution in [1.82, 2.24) is 9.38 Å². The fourth-order valence-electron chi connectivity index (χ4n) is 7.48. The number of benzene rings is 1. The van der Waals surface area contributed by atoms with Gasteiger partial charge in [-0.25, -0.2) is 9.78 Å². The molecule has 1 saturated heterocycles. The predicted molar refractivity (Wildman–Crippen MR) is 181 cm³/mol. The van der Waals surface area contributed by atoms with Gasteiger partial charge in [0.15, 0.2) is 6.10 Å². The molecule has 1 atom stereocenters. The maximum atomic E-state index is 12.8. The number of hydrogen-bond acceptors (Lipinski definition) is 5. The minimum Gasteiger partial charge on any atom is -0.479 e. The lowest BCUT2D eigenvalue weighted by Crippen LogP contribution is -2.41. The van der Waals surface area contributed by atoms with Crippen LogP contribution in [0.2, 0.25) is 0 Å². The molecular formula is C38H50N4O3. The first-order valence-electron chi connectivity index (χ1n) is 17.0. The Labute approximate surface area is 268 Å². The SMILES string of the molecule is Cc1cc2nc3cn2c(c1[C@H](OC(C)(C)C)C(=O)O)N1CCC(C)(CCCCCCCc2ccccc2CC2=CN=C3C2)CC1. The fourth-order valence-corrected chi connectivity index (χ4v) is 7.48. The van der Waals surface area contributed by atoms with E-state index in [1.807, 2.05) is 40.0 Å². The third-order valence-electron chi connectivity index (χ3n) is 10.1. The topological polar surface area (TPSA) is 79.4 Å². The Balaban J connectivity index is 1.41. The first-order chi connectivity index (χ1) is 21.5. The van der Waals surface area contributed by atoms with Crippen molar-refractivity contribution in [3.63, 3.8) is 0 Å². The Hall–Kier alpha value is -3.45. The second-order valence-electron chi connectivity index (χ2n) is 14.9. The lowest BCUT2D eigenvalue weighted by Gasteiger charge is -2.42. The summed E-state index contributed by atoms with van der Waals surface area (Å²) in [5, 5.41) is 10.5. The first-order valence-corrected chi connectivity index (χ1v) is 17.0. The van der Waals surface area contributed by atoms with Crippen molar-refractivity contribution in [2.75, 3.05) is 18.0 Å². The van der Waals surface area contributed by atoms with Gasteiger partial charge in [0.05, 0.1) is 11.3 Å². The summed E-state index contributed by atoms with van der Waals surface area (Å²) in [5.74, 6) is -0.0727. The van der Waals surface area contributed by atoms with E-state index >= 15 is 0 Å². The number of rotatable bonds is 3. The minimum absolute atomic E-state index is 0.298. The summed E-state index contributed by atoms with van der Waals surface area (Å²) >= 11 is 0.